The number of aliphatic hydroxyl groups is 1. The fourth-order valence-electron chi connectivity index (χ4n) is 7.62. The molecule has 2 unspecified atom stereocenters. The zero-order valence-corrected chi connectivity index (χ0v) is 23.3. The molecule has 2 amide bonds. The Balaban J connectivity index is 1.53. The Morgan fingerprint density at radius 3 is 2.58 bits per heavy atom. The van der Waals surface area contributed by atoms with Gasteiger partial charge in [0, 0.05) is 12.6 Å². The number of carbonyl (C=O) groups is 3. The van der Waals surface area contributed by atoms with E-state index in [1.807, 2.05) is 35.2 Å². The van der Waals surface area contributed by atoms with E-state index in [2.05, 4.69) is 13.2 Å². The van der Waals surface area contributed by atoms with Gasteiger partial charge in [-0.15, -0.1) is 13.2 Å². The second-order valence-corrected chi connectivity index (χ2v) is 11.6. The maximum absolute atomic E-state index is 14.7. The van der Waals surface area contributed by atoms with Crippen molar-refractivity contribution in [2.24, 2.45) is 11.8 Å². The summed E-state index contributed by atoms with van der Waals surface area (Å²) in [7, 11) is 0. The van der Waals surface area contributed by atoms with Crippen LogP contribution in [0.25, 0.3) is 0 Å². The summed E-state index contributed by atoms with van der Waals surface area (Å²) in [6, 6.07) is 8.15. The smallest absolute Gasteiger partial charge is 0.312 e. The SMILES string of the molecule is C=CCCOC(=O)[C@@H]1[C@H]2C(=O)N([C@@H](CO)Cc3ccccc3)C(C(=O)N(CC=C)C3CCCCC3)C23CC[C@H]1O3. The van der Waals surface area contributed by atoms with Crippen molar-refractivity contribution < 1.29 is 29.0 Å². The molecule has 0 aromatic heterocycles. The quantitative estimate of drug-likeness (QED) is 0.243. The topological polar surface area (TPSA) is 96.4 Å². The first kappa shape index (κ1) is 28.6. The first-order valence-corrected chi connectivity index (χ1v) is 14.8. The first-order valence-electron chi connectivity index (χ1n) is 14.8. The highest BCUT2D eigenvalue weighted by Crippen LogP contribution is 2.59. The Kier molecular flexibility index (Phi) is 8.76. The Hall–Kier alpha value is -2.97. The van der Waals surface area contributed by atoms with Crippen molar-refractivity contribution in [3.63, 3.8) is 0 Å². The molecule has 216 valence electrons. The number of amides is 2. The van der Waals surface area contributed by atoms with Crippen LogP contribution in [0, 0.1) is 11.8 Å². The van der Waals surface area contributed by atoms with Crippen molar-refractivity contribution in [2.45, 2.75) is 87.6 Å². The van der Waals surface area contributed by atoms with Gasteiger partial charge in [0.2, 0.25) is 11.8 Å². The highest BCUT2D eigenvalue weighted by molar-refractivity contribution is 5.98. The fourth-order valence-corrected chi connectivity index (χ4v) is 7.62. The fraction of sp³-hybridized carbons (Fsp3) is 0.594. The van der Waals surface area contributed by atoms with Gasteiger partial charge >= 0.3 is 5.97 Å². The Morgan fingerprint density at radius 2 is 1.90 bits per heavy atom. The number of hydrogen-bond donors (Lipinski definition) is 1. The molecule has 5 rings (SSSR count). The number of hydrogen-bond acceptors (Lipinski definition) is 6. The zero-order valence-electron chi connectivity index (χ0n) is 23.3. The molecule has 40 heavy (non-hydrogen) atoms. The van der Waals surface area contributed by atoms with Gasteiger partial charge in [-0.2, -0.15) is 0 Å². The lowest BCUT2D eigenvalue weighted by molar-refractivity contribution is -0.157. The summed E-state index contributed by atoms with van der Waals surface area (Å²) in [6.07, 6.45) is 10.0. The van der Waals surface area contributed by atoms with Crippen LogP contribution in [0.15, 0.2) is 55.6 Å². The molecule has 4 aliphatic rings. The number of ether oxygens (including phenoxy) is 2. The number of esters is 1. The summed E-state index contributed by atoms with van der Waals surface area (Å²) in [6.45, 7) is 7.85. The van der Waals surface area contributed by atoms with Crippen LogP contribution >= 0.6 is 0 Å². The number of likely N-dealkylation sites (tertiary alicyclic amines) is 1. The minimum absolute atomic E-state index is 0.0617. The molecule has 1 aromatic rings. The van der Waals surface area contributed by atoms with Crippen molar-refractivity contribution in [3.05, 3.63) is 61.2 Å². The van der Waals surface area contributed by atoms with E-state index in [0.717, 1.165) is 37.7 Å². The maximum Gasteiger partial charge on any atom is 0.312 e. The Bertz CT molecular complexity index is 1100. The summed E-state index contributed by atoms with van der Waals surface area (Å²) < 4.78 is 12.1. The first-order chi connectivity index (χ1) is 19.5. The number of benzene rings is 1. The largest absolute Gasteiger partial charge is 0.465 e. The maximum atomic E-state index is 14.7. The van der Waals surface area contributed by atoms with Crippen LogP contribution in [0.4, 0.5) is 0 Å². The second-order valence-electron chi connectivity index (χ2n) is 11.6. The summed E-state index contributed by atoms with van der Waals surface area (Å²) in [5.74, 6) is -2.53. The molecular weight excluding hydrogens is 508 g/mol. The third-order valence-electron chi connectivity index (χ3n) is 9.35. The third-order valence-corrected chi connectivity index (χ3v) is 9.35. The average Bonchev–Trinajstić information content (AvgIpc) is 3.63. The number of carbonyl (C=O) groups excluding carboxylic acids is 3. The highest BCUT2D eigenvalue weighted by Gasteiger charge is 2.75. The number of nitrogens with zero attached hydrogens (tertiary/aromatic N) is 2. The van der Waals surface area contributed by atoms with Crippen LogP contribution < -0.4 is 0 Å². The molecule has 8 nitrogen and oxygen atoms in total. The molecule has 8 heteroatoms. The van der Waals surface area contributed by atoms with Crippen LogP contribution in [-0.4, -0.2) is 82.3 Å². The highest BCUT2D eigenvalue weighted by atomic mass is 16.6. The average molecular weight is 551 g/mol. The minimum Gasteiger partial charge on any atom is -0.465 e. The van der Waals surface area contributed by atoms with Crippen molar-refractivity contribution in [2.75, 3.05) is 19.8 Å². The number of rotatable bonds is 12. The molecule has 2 bridgehead atoms. The minimum atomic E-state index is -1.13. The molecular formula is C32H42N2O6. The van der Waals surface area contributed by atoms with Crippen molar-refractivity contribution in [1.29, 1.82) is 0 Å². The van der Waals surface area contributed by atoms with Crippen molar-refractivity contribution >= 4 is 17.8 Å². The molecule has 1 aliphatic carbocycles. The molecule has 1 aromatic carbocycles. The van der Waals surface area contributed by atoms with E-state index in [1.54, 1.807) is 17.1 Å². The summed E-state index contributed by atoms with van der Waals surface area (Å²) in [5, 5.41) is 10.6. The second kappa shape index (κ2) is 12.3. The van der Waals surface area contributed by atoms with Gasteiger partial charge in [-0.1, -0.05) is 61.7 Å². The van der Waals surface area contributed by atoms with E-state index in [9.17, 15) is 19.5 Å². The van der Waals surface area contributed by atoms with Crippen molar-refractivity contribution in [3.8, 4) is 0 Å². The predicted octanol–water partition coefficient (Wildman–Crippen LogP) is 3.43. The van der Waals surface area contributed by atoms with E-state index in [1.165, 1.54) is 0 Å². The number of fused-ring (bicyclic) bond motifs is 1. The van der Waals surface area contributed by atoms with E-state index in [0.29, 0.717) is 32.2 Å². The standard InChI is InChI=1S/C32H42N2O6/c1-3-5-19-39-31(38)26-25-16-17-32(40-25)27(26)29(36)34(24(21-35)20-22-12-8-6-9-13-22)28(32)30(37)33(18-4-2)23-14-10-7-11-15-23/h3-4,6,8-9,12-13,23-28,35H,1-2,5,7,10-11,14-21H2/t24-,25-,26+,27+,28?,32?/m1/s1. The van der Waals surface area contributed by atoms with E-state index >= 15 is 0 Å². The molecule has 1 spiro atoms. The van der Waals surface area contributed by atoms with Gasteiger partial charge in [0.1, 0.15) is 11.6 Å². The molecule has 4 fully saturated rings. The lowest BCUT2D eigenvalue weighted by Gasteiger charge is -2.42. The number of aliphatic hydroxyl groups excluding tert-OH is 1. The molecule has 1 N–H and O–H groups in total. The molecule has 1 saturated carbocycles. The predicted molar refractivity (Wildman–Crippen MR) is 150 cm³/mol. The van der Waals surface area contributed by atoms with Gasteiger partial charge in [-0.05, 0) is 44.1 Å². The van der Waals surface area contributed by atoms with Crippen LogP contribution in [0.2, 0.25) is 0 Å². The monoisotopic (exact) mass is 550 g/mol. The van der Waals surface area contributed by atoms with Gasteiger partial charge in [0.15, 0.2) is 0 Å². The van der Waals surface area contributed by atoms with Crippen molar-refractivity contribution in [1.82, 2.24) is 9.80 Å². The van der Waals surface area contributed by atoms with Gasteiger partial charge in [-0.3, -0.25) is 14.4 Å². The summed E-state index contributed by atoms with van der Waals surface area (Å²) in [4.78, 5) is 45.8. The Morgan fingerprint density at radius 1 is 1.15 bits per heavy atom. The van der Waals surface area contributed by atoms with Crippen LogP contribution in [0.3, 0.4) is 0 Å². The third kappa shape index (κ3) is 5.00. The van der Waals surface area contributed by atoms with Gasteiger partial charge in [0.05, 0.1) is 37.2 Å². The molecule has 3 aliphatic heterocycles. The van der Waals surface area contributed by atoms with Gasteiger partial charge in [0.25, 0.3) is 0 Å². The summed E-state index contributed by atoms with van der Waals surface area (Å²) >= 11 is 0. The Labute approximate surface area is 237 Å². The summed E-state index contributed by atoms with van der Waals surface area (Å²) in [5.41, 5.74) is -0.171. The van der Waals surface area contributed by atoms with Crippen LogP contribution in [0.5, 0.6) is 0 Å². The lowest BCUT2D eigenvalue weighted by atomic mass is 9.70. The zero-order chi connectivity index (χ0) is 28.3. The van der Waals surface area contributed by atoms with Gasteiger partial charge < -0.3 is 24.4 Å². The molecule has 0 radical (unpaired) electrons. The van der Waals surface area contributed by atoms with E-state index in [-0.39, 0.29) is 31.1 Å². The normalized spacial score (nSPS) is 30.1. The molecule has 6 atom stereocenters. The molecule has 3 saturated heterocycles. The van der Waals surface area contributed by atoms with Crippen LogP contribution in [0.1, 0.15) is 56.9 Å². The molecule has 3 heterocycles. The van der Waals surface area contributed by atoms with Gasteiger partial charge in [-0.25, -0.2) is 0 Å². The van der Waals surface area contributed by atoms with E-state index < -0.39 is 41.6 Å². The van der Waals surface area contributed by atoms with E-state index in [4.69, 9.17) is 9.47 Å². The lowest BCUT2D eigenvalue weighted by Crippen LogP contribution is -2.60. The van der Waals surface area contributed by atoms with Crippen LogP contribution in [-0.2, 0) is 30.3 Å².